The van der Waals surface area contributed by atoms with Gasteiger partial charge in [-0.25, -0.2) is 0 Å². The van der Waals surface area contributed by atoms with Crippen molar-refractivity contribution < 1.29 is 5.11 Å². The Kier molecular flexibility index (Phi) is 2.87. The van der Waals surface area contributed by atoms with Crippen molar-refractivity contribution in [3.05, 3.63) is 60.3 Å². The predicted molar refractivity (Wildman–Crippen MR) is 74.5 cm³/mol. The Labute approximate surface area is 106 Å². The van der Waals surface area contributed by atoms with Crippen molar-refractivity contribution >= 4 is 10.9 Å². The summed E-state index contributed by atoms with van der Waals surface area (Å²) in [7, 11) is 0. The molecule has 0 fully saturated rings. The maximum Gasteiger partial charge on any atom is 0.0472 e. The number of rotatable bonds is 3. The van der Waals surface area contributed by atoms with E-state index in [0.717, 1.165) is 5.52 Å². The zero-order chi connectivity index (χ0) is 12.4. The second-order valence-corrected chi connectivity index (χ2v) is 4.41. The summed E-state index contributed by atoms with van der Waals surface area (Å²) in [5.41, 5.74) is 4.73. The van der Waals surface area contributed by atoms with E-state index in [1.807, 2.05) is 24.4 Å². The number of aliphatic hydroxyl groups excluding tert-OH is 1. The van der Waals surface area contributed by atoms with Gasteiger partial charge in [-0.1, -0.05) is 42.5 Å². The van der Waals surface area contributed by atoms with Crippen LogP contribution in [0.1, 0.15) is 5.56 Å². The molecule has 1 aromatic heterocycles. The van der Waals surface area contributed by atoms with E-state index in [1.165, 1.54) is 22.1 Å². The molecule has 1 heterocycles. The summed E-state index contributed by atoms with van der Waals surface area (Å²) in [6, 6.07) is 16.8. The summed E-state index contributed by atoms with van der Waals surface area (Å²) >= 11 is 0. The molecule has 0 bridgehead atoms. The number of fused-ring (bicyclic) bond motifs is 1. The van der Waals surface area contributed by atoms with Crippen molar-refractivity contribution in [3.63, 3.8) is 0 Å². The van der Waals surface area contributed by atoms with Gasteiger partial charge >= 0.3 is 0 Å². The Bertz CT molecular complexity index is 655. The zero-order valence-corrected chi connectivity index (χ0v) is 10.1. The quantitative estimate of drug-likeness (QED) is 0.720. The van der Waals surface area contributed by atoms with Gasteiger partial charge in [0.15, 0.2) is 0 Å². The Balaban J connectivity index is 2.07. The summed E-state index contributed by atoms with van der Waals surface area (Å²) in [4.78, 5) is 3.27. The van der Waals surface area contributed by atoms with E-state index in [2.05, 4.69) is 35.3 Å². The highest BCUT2D eigenvalue weighted by molar-refractivity contribution is 5.87. The Morgan fingerprint density at radius 3 is 2.56 bits per heavy atom. The first-order chi connectivity index (χ1) is 8.88. The second kappa shape index (κ2) is 4.67. The van der Waals surface area contributed by atoms with Crippen LogP contribution in [0, 0.1) is 0 Å². The fraction of sp³-hybridized carbons (Fsp3) is 0.125. The van der Waals surface area contributed by atoms with Crippen molar-refractivity contribution in [2.24, 2.45) is 0 Å². The molecule has 0 unspecified atom stereocenters. The van der Waals surface area contributed by atoms with Crippen LogP contribution < -0.4 is 0 Å². The molecule has 2 aromatic carbocycles. The van der Waals surface area contributed by atoms with Crippen LogP contribution in [-0.2, 0) is 6.42 Å². The molecule has 0 saturated heterocycles. The molecule has 3 rings (SSSR count). The van der Waals surface area contributed by atoms with E-state index >= 15 is 0 Å². The van der Waals surface area contributed by atoms with Gasteiger partial charge < -0.3 is 10.1 Å². The van der Waals surface area contributed by atoms with Gasteiger partial charge in [0.25, 0.3) is 0 Å². The monoisotopic (exact) mass is 237 g/mol. The molecule has 0 aliphatic rings. The van der Waals surface area contributed by atoms with E-state index < -0.39 is 0 Å². The molecule has 90 valence electrons. The second-order valence-electron chi connectivity index (χ2n) is 4.41. The summed E-state index contributed by atoms with van der Waals surface area (Å²) in [5, 5.41) is 10.2. The third-order valence-electron chi connectivity index (χ3n) is 3.26. The lowest BCUT2D eigenvalue weighted by Crippen LogP contribution is -1.88. The average molecular weight is 237 g/mol. The first-order valence-corrected chi connectivity index (χ1v) is 6.15. The van der Waals surface area contributed by atoms with E-state index in [-0.39, 0.29) is 6.61 Å². The number of hydrogen-bond acceptors (Lipinski definition) is 1. The maximum atomic E-state index is 9.02. The number of H-pyrrole nitrogens is 1. The molecule has 0 saturated carbocycles. The van der Waals surface area contributed by atoms with E-state index in [4.69, 9.17) is 5.11 Å². The standard InChI is InChI=1S/C16H15NO/c18-9-8-14-11-17-16-10-13(6-7-15(14)16)12-4-2-1-3-5-12/h1-7,10-11,17-18H,8-9H2. The van der Waals surface area contributed by atoms with E-state index in [1.54, 1.807) is 0 Å². The molecule has 2 nitrogen and oxygen atoms in total. The number of aromatic amines is 1. The highest BCUT2D eigenvalue weighted by Crippen LogP contribution is 2.25. The van der Waals surface area contributed by atoms with Crippen LogP contribution in [-0.4, -0.2) is 16.7 Å². The van der Waals surface area contributed by atoms with Gasteiger partial charge in [-0.05, 0) is 29.2 Å². The molecule has 0 spiro atoms. The van der Waals surface area contributed by atoms with Crippen molar-refractivity contribution in [1.29, 1.82) is 0 Å². The van der Waals surface area contributed by atoms with Gasteiger partial charge in [-0.3, -0.25) is 0 Å². The van der Waals surface area contributed by atoms with E-state index in [0.29, 0.717) is 6.42 Å². The van der Waals surface area contributed by atoms with Crippen LogP contribution in [0.15, 0.2) is 54.7 Å². The minimum absolute atomic E-state index is 0.188. The Hall–Kier alpha value is -2.06. The molecule has 0 aliphatic carbocycles. The van der Waals surface area contributed by atoms with Crippen LogP contribution in [0.4, 0.5) is 0 Å². The fourth-order valence-electron chi connectivity index (χ4n) is 2.32. The number of benzene rings is 2. The molecule has 0 atom stereocenters. The largest absolute Gasteiger partial charge is 0.396 e. The zero-order valence-electron chi connectivity index (χ0n) is 10.1. The van der Waals surface area contributed by atoms with Crippen LogP contribution in [0.5, 0.6) is 0 Å². The van der Waals surface area contributed by atoms with Crippen molar-refractivity contribution in [2.75, 3.05) is 6.61 Å². The smallest absolute Gasteiger partial charge is 0.0472 e. The number of hydrogen-bond donors (Lipinski definition) is 2. The van der Waals surface area contributed by atoms with Crippen LogP contribution in [0.3, 0.4) is 0 Å². The normalized spacial score (nSPS) is 10.9. The minimum Gasteiger partial charge on any atom is -0.396 e. The highest BCUT2D eigenvalue weighted by Gasteiger charge is 2.04. The topological polar surface area (TPSA) is 36.0 Å². The third-order valence-corrected chi connectivity index (χ3v) is 3.26. The van der Waals surface area contributed by atoms with Gasteiger partial charge in [-0.15, -0.1) is 0 Å². The van der Waals surface area contributed by atoms with Gasteiger partial charge in [0.1, 0.15) is 0 Å². The van der Waals surface area contributed by atoms with Gasteiger partial charge in [0.05, 0.1) is 0 Å². The lowest BCUT2D eigenvalue weighted by molar-refractivity contribution is 0.300. The van der Waals surface area contributed by atoms with Crippen LogP contribution in [0.2, 0.25) is 0 Å². The first-order valence-electron chi connectivity index (χ1n) is 6.15. The summed E-state index contributed by atoms with van der Waals surface area (Å²) in [6.07, 6.45) is 2.68. The first kappa shape index (κ1) is 11.1. The molecule has 0 amide bonds. The predicted octanol–water partition coefficient (Wildman–Crippen LogP) is 3.37. The fourth-order valence-corrected chi connectivity index (χ4v) is 2.32. The Morgan fingerprint density at radius 2 is 1.78 bits per heavy atom. The van der Waals surface area contributed by atoms with Gasteiger partial charge in [-0.2, -0.15) is 0 Å². The SMILES string of the molecule is OCCc1c[nH]c2cc(-c3ccccc3)ccc12. The number of nitrogens with one attached hydrogen (secondary N) is 1. The molecule has 2 heteroatoms. The highest BCUT2D eigenvalue weighted by atomic mass is 16.2. The number of aromatic nitrogens is 1. The third kappa shape index (κ3) is 1.91. The minimum atomic E-state index is 0.188. The molecule has 3 aromatic rings. The molecule has 2 N–H and O–H groups in total. The molecule has 18 heavy (non-hydrogen) atoms. The van der Waals surface area contributed by atoms with Crippen LogP contribution >= 0.6 is 0 Å². The summed E-state index contributed by atoms with van der Waals surface area (Å²) in [6.45, 7) is 0.188. The summed E-state index contributed by atoms with van der Waals surface area (Å²) in [5.74, 6) is 0. The molecule has 0 aliphatic heterocycles. The lowest BCUT2D eigenvalue weighted by Gasteiger charge is -2.02. The van der Waals surface area contributed by atoms with Gasteiger partial charge in [0, 0.05) is 23.7 Å². The molecular weight excluding hydrogens is 222 g/mol. The van der Waals surface area contributed by atoms with Crippen molar-refractivity contribution in [3.8, 4) is 11.1 Å². The maximum absolute atomic E-state index is 9.02. The van der Waals surface area contributed by atoms with Crippen molar-refractivity contribution in [1.82, 2.24) is 4.98 Å². The lowest BCUT2D eigenvalue weighted by atomic mass is 10.0. The molecular formula is C16H15NO. The number of aliphatic hydroxyl groups is 1. The van der Waals surface area contributed by atoms with Crippen molar-refractivity contribution in [2.45, 2.75) is 6.42 Å². The van der Waals surface area contributed by atoms with Gasteiger partial charge in [0.2, 0.25) is 0 Å². The van der Waals surface area contributed by atoms with E-state index in [9.17, 15) is 0 Å². The Morgan fingerprint density at radius 1 is 0.944 bits per heavy atom. The summed E-state index contributed by atoms with van der Waals surface area (Å²) < 4.78 is 0. The van der Waals surface area contributed by atoms with Crippen LogP contribution in [0.25, 0.3) is 22.0 Å². The average Bonchev–Trinajstić information content (AvgIpc) is 2.83. The molecule has 0 radical (unpaired) electrons.